The standard InChI is InChI=1S/C9H17BO4P.2CH4/c1-3-15(13)5-14-6-4-7(10)9(2,12)8(6)11;;/h6-8,11-12H,3-5H2,1-2H3;2*1H4/q+1;;. The van der Waals surface area contributed by atoms with Crippen molar-refractivity contribution in [3.05, 3.63) is 0 Å². The highest BCUT2D eigenvalue weighted by Crippen LogP contribution is 2.40. The van der Waals surface area contributed by atoms with E-state index in [9.17, 15) is 14.8 Å². The summed E-state index contributed by atoms with van der Waals surface area (Å²) in [7, 11) is 4.30. The van der Waals surface area contributed by atoms with Crippen LogP contribution in [0.4, 0.5) is 0 Å². The molecule has 1 saturated carbocycles. The average molecular weight is 263 g/mol. The summed E-state index contributed by atoms with van der Waals surface area (Å²) in [6.07, 6.45) is -0.453. The molecule has 5 unspecified atom stereocenters. The summed E-state index contributed by atoms with van der Waals surface area (Å²) in [6, 6.07) is 0. The Bertz CT molecular complexity index is 248. The van der Waals surface area contributed by atoms with Gasteiger partial charge in [-0.15, -0.1) is 0 Å². The van der Waals surface area contributed by atoms with Crippen molar-refractivity contribution in [2.24, 2.45) is 0 Å². The lowest BCUT2D eigenvalue weighted by Crippen LogP contribution is -2.42. The van der Waals surface area contributed by atoms with Gasteiger partial charge in [-0.1, -0.05) is 19.4 Å². The molecule has 17 heavy (non-hydrogen) atoms. The molecule has 1 aliphatic rings. The maximum absolute atomic E-state index is 11.2. The van der Waals surface area contributed by atoms with Gasteiger partial charge in [-0.2, -0.15) is 0 Å². The fourth-order valence-electron chi connectivity index (χ4n) is 1.64. The molecule has 0 aromatic rings. The van der Waals surface area contributed by atoms with Crippen LogP contribution >= 0.6 is 7.80 Å². The largest absolute Gasteiger partial charge is 0.388 e. The molecule has 0 heterocycles. The summed E-state index contributed by atoms with van der Waals surface area (Å²) in [5, 5.41) is 19.5. The molecule has 0 bridgehead atoms. The second-order valence-corrected chi connectivity index (χ2v) is 6.00. The number of hydrogen-bond acceptors (Lipinski definition) is 4. The second-order valence-electron chi connectivity index (χ2n) is 4.15. The zero-order valence-corrected chi connectivity index (χ0v) is 9.98. The first-order valence-corrected chi connectivity index (χ1v) is 6.72. The summed E-state index contributed by atoms with van der Waals surface area (Å²) in [5.74, 6) is -0.503. The quantitative estimate of drug-likeness (QED) is 0.600. The van der Waals surface area contributed by atoms with E-state index < -0.39 is 31.4 Å². The minimum atomic E-state index is -1.36. The molecule has 1 rings (SSSR count). The third kappa shape index (κ3) is 4.33. The van der Waals surface area contributed by atoms with Crippen molar-refractivity contribution in [1.29, 1.82) is 0 Å². The lowest BCUT2D eigenvalue weighted by Gasteiger charge is -2.26. The highest BCUT2D eigenvalue weighted by molar-refractivity contribution is 7.44. The van der Waals surface area contributed by atoms with E-state index in [-0.39, 0.29) is 21.2 Å². The van der Waals surface area contributed by atoms with Gasteiger partial charge in [0, 0.05) is 0 Å². The van der Waals surface area contributed by atoms with Gasteiger partial charge in [0.15, 0.2) is 0 Å². The third-order valence-corrected chi connectivity index (χ3v) is 4.12. The smallest absolute Gasteiger partial charge is 0.366 e. The highest BCUT2D eigenvalue weighted by atomic mass is 31.1. The van der Waals surface area contributed by atoms with E-state index >= 15 is 0 Å². The third-order valence-electron chi connectivity index (χ3n) is 2.97. The average Bonchev–Trinajstić information content (AvgIpc) is 2.38. The molecule has 0 amide bonds. The van der Waals surface area contributed by atoms with Gasteiger partial charge in [-0.3, -0.25) is 0 Å². The van der Waals surface area contributed by atoms with Crippen LogP contribution in [0, 0.1) is 0 Å². The number of rotatable bonds is 4. The van der Waals surface area contributed by atoms with Crippen molar-refractivity contribution in [2.75, 3.05) is 12.5 Å². The van der Waals surface area contributed by atoms with Crippen molar-refractivity contribution in [1.82, 2.24) is 0 Å². The van der Waals surface area contributed by atoms with E-state index in [0.717, 1.165) is 0 Å². The van der Waals surface area contributed by atoms with Crippen LogP contribution in [0.25, 0.3) is 0 Å². The maximum Gasteiger partial charge on any atom is 0.366 e. The van der Waals surface area contributed by atoms with E-state index in [1.54, 1.807) is 0 Å². The Kier molecular flexibility index (Phi) is 8.52. The molecule has 2 radical (unpaired) electrons. The molecule has 6 heteroatoms. The number of aliphatic hydroxyl groups excluding tert-OH is 1. The molecule has 0 aromatic carbocycles. The Morgan fingerprint density at radius 3 is 2.41 bits per heavy atom. The van der Waals surface area contributed by atoms with Gasteiger partial charge in [0.2, 0.25) is 6.35 Å². The highest BCUT2D eigenvalue weighted by Gasteiger charge is 2.49. The van der Waals surface area contributed by atoms with Crippen molar-refractivity contribution < 1.29 is 19.5 Å². The molecule has 0 spiro atoms. The summed E-state index contributed by atoms with van der Waals surface area (Å²) < 4.78 is 16.5. The SMILES string of the molecule is C.C.[B]C1CC(OC[P+](=O)CC)C(O)C1(C)O. The predicted molar refractivity (Wildman–Crippen MR) is 72.1 cm³/mol. The van der Waals surface area contributed by atoms with Gasteiger partial charge in [-0.05, 0) is 26.1 Å². The van der Waals surface area contributed by atoms with Gasteiger partial charge in [-0.25, -0.2) is 0 Å². The van der Waals surface area contributed by atoms with E-state index in [0.29, 0.717) is 12.6 Å². The minimum absolute atomic E-state index is 0. The van der Waals surface area contributed by atoms with E-state index in [2.05, 4.69) is 0 Å². The van der Waals surface area contributed by atoms with E-state index in [4.69, 9.17) is 12.6 Å². The number of aliphatic hydroxyl groups is 2. The zero-order valence-electron chi connectivity index (χ0n) is 9.09. The van der Waals surface area contributed by atoms with Crippen molar-refractivity contribution in [3.8, 4) is 0 Å². The monoisotopic (exact) mass is 263 g/mol. The van der Waals surface area contributed by atoms with Gasteiger partial charge in [0.05, 0.1) is 19.6 Å². The lowest BCUT2D eigenvalue weighted by molar-refractivity contribution is -0.0878. The maximum atomic E-state index is 11.2. The molecule has 4 nitrogen and oxygen atoms in total. The van der Waals surface area contributed by atoms with E-state index in [1.807, 2.05) is 6.92 Å². The predicted octanol–water partition coefficient (Wildman–Crippen LogP) is 1.92. The molecule has 0 saturated heterocycles. The number of hydrogen-bond donors (Lipinski definition) is 2. The molecule has 0 aromatic heterocycles. The first-order valence-electron chi connectivity index (χ1n) is 5.09. The Balaban J connectivity index is 0. The van der Waals surface area contributed by atoms with Crippen molar-refractivity contribution in [2.45, 2.75) is 58.7 Å². The summed E-state index contributed by atoms with van der Waals surface area (Å²) in [4.78, 5) is 0. The molecule has 100 valence electrons. The first-order chi connectivity index (χ1) is 6.89. The molecule has 5 atom stereocenters. The molecule has 0 aliphatic heterocycles. The van der Waals surface area contributed by atoms with Gasteiger partial charge < -0.3 is 14.9 Å². The van der Waals surface area contributed by atoms with Crippen LogP contribution < -0.4 is 0 Å². The normalized spacial score (nSPS) is 36.9. The first kappa shape index (κ1) is 19.4. The summed E-state index contributed by atoms with van der Waals surface area (Å²) in [5.41, 5.74) is -1.32. The Morgan fingerprint density at radius 2 is 2.06 bits per heavy atom. The van der Waals surface area contributed by atoms with Crippen LogP contribution in [0.3, 0.4) is 0 Å². The summed E-state index contributed by atoms with van der Waals surface area (Å²) in [6.45, 7) is 3.31. The fraction of sp³-hybridized carbons (Fsp3) is 1.00. The summed E-state index contributed by atoms with van der Waals surface area (Å²) >= 11 is 0. The topological polar surface area (TPSA) is 66.8 Å². The van der Waals surface area contributed by atoms with Crippen LogP contribution in [0.2, 0.25) is 5.82 Å². The van der Waals surface area contributed by atoms with Crippen molar-refractivity contribution >= 4 is 15.6 Å². The molecular formula is C11H25BO4P+. The molecule has 1 fully saturated rings. The Morgan fingerprint density at radius 1 is 1.53 bits per heavy atom. The van der Waals surface area contributed by atoms with Crippen LogP contribution in [0.15, 0.2) is 0 Å². The van der Waals surface area contributed by atoms with Gasteiger partial charge in [0.1, 0.15) is 12.3 Å². The van der Waals surface area contributed by atoms with Crippen LogP contribution in [0.5, 0.6) is 0 Å². The Labute approximate surface area is 107 Å². The molecular weight excluding hydrogens is 238 g/mol. The van der Waals surface area contributed by atoms with Crippen molar-refractivity contribution in [3.63, 3.8) is 0 Å². The van der Waals surface area contributed by atoms with E-state index in [1.165, 1.54) is 6.92 Å². The van der Waals surface area contributed by atoms with Gasteiger partial charge >= 0.3 is 7.80 Å². The number of ether oxygens (including phenoxy) is 1. The zero-order chi connectivity index (χ0) is 11.6. The van der Waals surface area contributed by atoms with Crippen LogP contribution in [0.1, 0.15) is 35.1 Å². The molecule has 2 N–H and O–H groups in total. The van der Waals surface area contributed by atoms with Crippen LogP contribution in [-0.2, 0) is 9.30 Å². The van der Waals surface area contributed by atoms with Crippen LogP contribution in [-0.4, -0.2) is 48.4 Å². The van der Waals surface area contributed by atoms with Gasteiger partial charge in [0.25, 0.3) is 0 Å². The second kappa shape index (κ2) is 7.47. The lowest BCUT2D eigenvalue weighted by atomic mass is 9.76. The minimum Gasteiger partial charge on any atom is -0.388 e. The fourth-order valence-corrected chi connectivity index (χ4v) is 2.18. The molecule has 1 aliphatic carbocycles. The Hall–Kier alpha value is 0.0449.